The van der Waals surface area contributed by atoms with Crippen LogP contribution >= 0.6 is 0 Å². The van der Waals surface area contributed by atoms with Gasteiger partial charge in [-0.2, -0.15) is 5.10 Å². The SMILES string of the molecule is CCCCOc1ccccc1/C=N\NC(=O)C1[C@H]2CCCCCC[C@H]12. The van der Waals surface area contributed by atoms with Crippen molar-refractivity contribution in [3.05, 3.63) is 29.8 Å². The van der Waals surface area contributed by atoms with Gasteiger partial charge < -0.3 is 4.74 Å². The van der Waals surface area contributed by atoms with E-state index >= 15 is 0 Å². The number of fused-ring (bicyclic) bond motifs is 1. The van der Waals surface area contributed by atoms with E-state index in [2.05, 4.69) is 17.5 Å². The molecule has 4 heteroatoms. The van der Waals surface area contributed by atoms with Gasteiger partial charge in [-0.3, -0.25) is 4.79 Å². The summed E-state index contributed by atoms with van der Waals surface area (Å²) in [6.07, 6.45) is 11.5. The van der Waals surface area contributed by atoms with Crippen molar-refractivity contribution in [3.8, 4) is 5.75 Å². The molecule has 2 atom stereocenters. The predicted molar refractivity (Wildman–Crippen MR) is 101 cm³/mol. The van der Waals surface area contributed by atoms with E-state index in [9.17, 15) is 4.79 Å². The number of nitrogens with zero attached hydrogens (tertiary/aromatic N) is 1. The predicted octanol–water partition coefficient (Wildman–Crippen LogP) is 4.53. The molecule has 25 heavy (non-hydrogen) atoms. The van der Waals surface area contributed by atoms with Gasteiger partial charge in [0.05, 0.1) is 12.8 Å². The topological polar surface area (TPSA) is 50.7 Å². The Kier molecular flexibility index (Phi) is 6.48. The van der Waals surface area contributed by atoms with Gasteiger partial charge in [0, 0.05) is 11.5 Å². The van der Waals surface area contributed by atoms with Gasteiger partial charge in [0.2, 0.25) is 5.91 Å². The van der Waals surface area contributed by atoms with Crippen LogP contribution in [0.5, 0.6) is 5.75 Å². The molecule has 0 unspecified atom stereocenters. The van der Waals surface area contributed by atoms with Crippen molar-refractivity contribution in [1.29, 1.82) is 0 Å². The molecule has 0 heterocycles. The lowest BCUT2D eigenvalue weighted by Crippen LogP contribution is -2.21. The van der Waals surface area contributed by atoms with Crippen molar-refractivity contribution in [3.63, 3.8) is 0 Å². The van der Waals surface area contributed by atoms with Gasteiger partial charge in [0.25, 0.3) is 0 Å². The molecule has 1 aromatic carbocycles. The van der Waals surface area contributed by atoms with E-state index < -0.39 is 0 Å². The zero-order valence-corrected chi connectivity index (χ0v) is 15.2. The molecule has 4 nitrogen and oxygen atoms in total. The Morgan fingerprint density at radius 3 is 2.64 bits per heavy atom. The summed E-state index contributed by atoms with van der Waals surface area (Å²) in [6.45, 7) is 2.85. The van der Waals surface area contributed by atoms with Crippen LogP contribution in [0.4, 0.5) is 0 Å². The highest BCUT2D eigenvalue weighted by Crippen LogP contribution is 2.53. The Morgan fingerprint density at radius 1 is 1.20 bits per heavy atom. The summed E-state index contributed by atoms with van der Waals surface area (Å²) in [5, 5.41) is 4.19. The molecule has 136 valence electrons. The van der Waals surface area contributed by atoms with Gasteiger partial charge in [-0.1, -0.05) is 51.2 Å². The highest BCUT2D eigenvalue weighted by atomic mass is 16.5. The maximum atomic E-state index is 12.4. The number of para-hydroxylation sites is 1. The van der Waals surface area contributed by atoms with E-state index in [-0.39, 0.29) is 11.8 Å². The van der Waals surface area contributed by atoms with Crippen molar-refractivity contribution >= 4 is 12.1 Å². The van der Waals surface area contributed by atoms with Gasteiger partial charge in [-0.15, -0.1) is 0 Å². The fraction of sp³-hybridized carbons (Fsp3) is 0.619. The van der Waals surface area contributed by atoms with E-state index in [4.69, 9.17) is 4.74 Å². The van der Waals surface area contributed by atoms with Crippen LogP contribution in [0.2, 0.25) is 0 Å². The van der Waals surface area contributed by atoms with Crippen LogP contribution in [0, 0.1) is 17.8 Å². The van der Waals surface area contributed by atoms with Crippen LogP contribution in [-0.4, -0.2) is 18.7 Å². The summed E-state index contributed by atoms with van der Waals surface area (Å²) in [5.74, 6) is 2.30. The Morgan fingerprint density at radius 2 is 1.92 bits per heavy atom. The van der Waals surface area contributed by atoms with Gasteiger partial charge in [0.1, 0.15) is 5.75 Å². The number of nitrogens with one attached hydrogen (secondary N) is 1. The minimum absolute atomic E-state index is 0.0949. The minimum atomic E-state index is 0.0949. The maximum Gasteiger partial charge on any atom is 0.243 e. The van der Waals surface area contributed by atoms with Gasteiger partial charge in [-0.05, 0) is 43.2 Å². The van der Waals surface area contributed by atoms with Crippen LogP contribution in [0.1, 0.15) is 63.9 Å². The van der Waals surface area contributed by atoms with Crippen LogP contribution < -0.4 is 10.2 Å². The number of hydrogen-bond acceptors (Lipinski definition) is 3. The third kappa shape index (κ3) is 4.83. The lowest BCUT2D eigenvalue weighted by molar-refractivity contribution is -0.122. The summed E-state index contributed by atoms with van der Waals surface area (Å²) >= 11 is 0. The first kappa shape index (κ1) is 18.0. The summed E-state index contributed by atoms with van der Waals surface area (Å²) in [7, 11) is 0. The van der Waals surface area contributed by atoms with Crippen LogP contribution in [0.3, 0.4) is 0 Å². The number of amides is 1. The Labute approximate surface area is 151 Å². The van der Waals surface area contributed by atoms with E-state index in [1.807, 2.05) is 24.3 Å². The van der Waals surface area contributed by atoms with E-state index in [1.54, 1.807) is 6.21 Å². The van der Waals surface area contributed by atoms with Crippen molar-refractivity contribution in [2.24, 2.45) is 22.9 Å². The molecule has 0 radical (unpaired) electrons. The maximum absolute atomic E-state index is 12.4. The quantitative estimate of drug-likeness (QED) is 0.449. The molecular weight excluding hydrogens is 312 g/mol. The van der Waals surface area contributed by atoms with Crippen LogP contribution in [0.25, 0.3) is 0 Å². The normalized spacial score (nSPS) is 25.7. The molecule has 1 amide bonds. The van der Waals surface area contributed by atoms with E-state index in [0.29, 0.717) is 18.4 Å². The smallest absolute Gasteiger partial charge is 0.243 e. The first-order valence-electron chi connectivity index (χ1n) is 9.86. The van der Waals surface area contributed by atoms with Crippen LogP contribution in [0.15, 0.2) is 29.4 Å². The van der Waals surface area contributed by atoms with Crippen molar-refractivity contribution < 1.29 is 9.53 Å². The number of carbonyl (C=O) groups is 1. The number of unbranched alkanes of at least 4 members (excludes halogenated alkanes) is 1. The molecule has 0 aliphatic heterocycles. The van der Waals surface area contributed by atoms with E-state index in [1.165, 1.54) is 38.5 Å². The third-order valence-electron chi connectivity index (χ3n) is 5.51. The number of benzene rings is 1. The van der Waals surface area contributed by atoms with Crippen molar-refractivity contribution in [2.75, 3.05) is 6.61 Å². The molecule has 0 spiro atoms. The highest BCUT2D eigenvalue weighted by Gasteiger charge is 2.53. The summed E-state index contributed by atoms with van der Waals surface area (Å²) in [4.78, 5) is 12.4. The first-order chi connectivity index (χ1) is 12.3. The second-order valence-electron chi connectivity index (χ2n) is 7.32. The number of rotatable bonds is 7. The van der Waals surface area contributed by atoms with Gasteiger partial charge >= 0.3 is 0 Å². The molecule has 2 aliphatic carbocycles. The number of hydrogen-bond donors (Lipinski definition) is 1. The molecule has 0 bridgehead atoms. The average molecular weight is 342 g/mol. The molecular formula is C21H30N2O2. The van der Waals surface area contributed by atoms with Crippen molar-refractivity contribution in [1.82, 2.24) is 5.43 Å². The Balaban J connectivity index is 1.52. The van der Waals surface area contributed by atoms with Gasteiger partial charge in [-0.25, -0.2) is 5.43 Å². The summed E-state index contributed by atoms with van der Waals surface area (Å²) in [5.41, 5.74) is 3.66. The molecule has 1 N–H and O–H groups in total. The summed E-state index contributed by atoms with van der Waals surface area (Å²) in [6, 6.07) is 7.82. The molecule has 1 aromatic rings. The fourth-order valence-electron chi connectivity index (χ4n) is 4.02. The van der Waals surface area contributed by atoms with Crippen molar-refractivity contribution in [2.45, 2.75) is 58.3 Å². The second-order valence-corrected chi connectivity index (χ2v) is 7.32. The third-order valence-corrected chi connectivity index (χ3v) is 5.51. The Hall–Kier alpha value is -1.84. The highest BCUT2D eigenvalue weighted by molar-refractivity contribution is 5.86. The standard InChI is InChI=1S/C21H30N2O2/c1-2-3-14-25-19-13-9-8-10-16(19)15-22-23-21(24)20-17-11-6-4-5-7-12-18(17)20/h8-10,13,15,17-18,20H,2-7,11-12,14H2,1H3,(H,23,24)/b22-15-/t17-,18-/m0/s1. The van der Waals surface area contributed by atoms with Gasteiger partial charge in [0.15, 0.2) is 0 Å². The first-order valence-corrected chi connectivity index (χ1v) is 9.86. The number of carbonyl (C=O) groups excluding carboxylic acids is 1. The van der Waals surface area contributed by atoms with Crippen LogP contribution in [-0.2, 0) is 4.79 Å². The molecule has 0 saturated heterocycles. The fourth-order valence-corrected chi connectivity index (χ4v) is 4.02. The largest absolute Gasteiger partial charge is 0.493 e. The molecule has 2 saturated carbocycles. The lowest BCUT2D eigenvalue weighted by atomic mass is 10.0. The zero-order valence-electron chi connectivity index (χ0n) is 15.2. The Bertz CT molecular complexity index is 585. The average Bonchev–Trinajstić information content (AvgIpc) is 3.27. The monoisotopic (exact) mass is 342 g/mol. The lowest BCUT2D eigenvalue weighted by Gasteiger charge is -2.08. The summed E-state index contributed by atoms with van der Waals surface area (Å²) < 4.78 is 5.80. The zero-order chi connectivity index (χ0) is 17.5. The minimum Gasteiger partial charge on any atom is -0.493 e. The number of ether oxygens (including phenoxy) is 1. The second kappa shape index (κ2) is 9.02. The molecule has 2 aliphatic rings. The molecule has 2 fully saturated rings. The molecule has 3 rings (SSSR count). The van der Waals surface area contributed by atoms with E-state index in [0.717, 1.165) is 24.2 Å². The number of hydrazone groups is 1. The molecule has 0 aromatic heterocycles.